The van der Waals surface area contributed by atoms with Crippen molar-refractivity contribution in [2.24, 2.45) is 11.7 Å². The van der Waals surface area contributed by atoms with Crippen LogP contribution in [0.25, 0.3) is 0 Å². The van der Waals surface area contributed by atoms with Crippen molar-refractivity contribution in [2.75, 3.05) is 13.1 Å². The van der Waals surface area contributed by atoms with Gasteiger partial charge < -0.3 is 10.6 Å². The molecule has 4 heteroatoms. The Bertz CT molecular complexity index is 180. The van der Waals surface area contributed by atoms with E-state index in [1.165, 1.54) is 0 Å². The lowest BCUT2D eigenvalue weighted by Crippen LogP contribution is -2.39. The SMILES string of the molecule is CCN(CC(N)=S)C(=O)C(C)C. The molecule has 2 N–H and O–H groups in total. The maximum atomic E-state index is 11.4. The van der Waals surface area contributed by atoms with Crippen LogP contribution in [0.4, 0.5) is 0 Å². The summed E-state index contributed by atoms with van der Waals surface area (Å²) in [7, 11) is 0. The van der Waals surface area contributed by atoms with Gasteiger partial charge in [0, 0.05) is 12.5 Å². The molecule has 70 valence electrons. The van der Waals surface area contributed by atoms with Crippen molar-refractivity contribution >= 4 is 23.1 Å². The van der Waals surface area contributed by atoms with E-state index in [-0.39, 0.29) is 11.8 Å². The highest BCUT2D eigenvalue weighted by Gasteiger charge is 2.15. The number of carbonyl (C=O) groups is 1. The van der Waals surface area contributed by atoms with Crippen LogP contribution in [0.1, 0.15) is 20.8 Å². The zero-order valence-corrected chi connectivity index (χ0v) is 8.65. The van der Waals surface area contributed by atoms with Crippen LogP contribution in [-0.2, 0) is 4.79 Å². The van der Waals surface area contributed by atoms with Gasteiger partial charge in [0.25, 0.3) is 0 Å². The van der Waals surface area contributed by atoms with Gasteiger partial charge in [-0.25, -0.2) is 0 Å². The molecule has 0 fully saturated rings. The second-order valence-electron chi connectivity index (χ2n) is 2.97. The van der Waals surface area contributed by atoms with Gasteiger partial charge in [0.2, 0.25) is 5.91 Å². The average molecular weight is 188 g/mol. The molecule has 0 atom stereocenters. The zero-order chi connectivity index (χ0) is 9.72. The third-order valence-corrected chi connectivity index (χ3v) is 1.66. The van der Waals surface area contributed by atoms with Crippen LogP contribution in [0.3, 0.4) is 0 Å². The van der Waals surface area contributed by atoms with Gasteiger partial charge in [-0.3, -0.25) is 4.79 Å². The molecule has 0 aliphatic rings. The number of hydrogen-bond donors (Lipinski definition) is 1. The van der Waals surface area contributed by atoms with Crippen LogP contribution in [-0.4, -0.2) is 28.9 Å². The van der Waals surface area contributed by atoms with Crippen LogP contribution in [0, 0.1) is 5.92 Å². The summed E-state index contributed by atoms with van der Waals surface area (Å²) in [5.41, 5.74) is 5.34. The van der Waals surface area contributed by atoms with Gasteiger partial charge in [-0.15, -0.1) is 0 Å². The number of nitrogens with two attached hydrogens (primary N) is 1. The van der Waals surface area contributed by atoms with Crippen molar-refractivity contribution in [3.05, 3.63) is 0 Å². The highest BCUT2D eigenvalue weighted by Crippen LogP contribution is 2.00. The molecule has 0 aromatic carbocycles. The Hall–Kier alpha value is -0.640. The lowest BCUT2D eigenvalue weighted by Gasteiger charge is -2.21. The Morgan fingerprint density at radius 3 is 2.33 bits per heavy atom. The van der Waals surface area contributed by atoms with Crippen LogP contribution in [0.5, 0.6) is 0 Å². The summed E-state index contributed by atoms with van der Waals surface area (Å²) in [4.78, 5) is 13.4. The fourth-order valence-corrected chi connectivity index (χ4v) is 1.05. The topological polar surface area (TPSA) is 46.3 Å². The fraction of sp³-hybridized carbons (Fsp3) is 0.750. The first-order valence-corrected chi connectivity index (χ1v) is 4.47. The quantitative estimate of drug-likeness (QED) is 0.663. The van der Waals surface area contributed by atoms with Gasteiger partial charge in [0.15, 0.2) is 0 Å². The molecule has 0 aliphatic heterocycles. The van der Waals surface area contributed by atoms with E-state index in [1.54, 1.807) is 4.90 Å². The maximum absolute atomic E-state index is 11.4. The molecule has 1 amide bonds. The van der Waals surface area contributed by atoms with Gasteiger partial charge in [-0.05, 0) is 6.92 Å². The highest BCUT2D eigenvalue weighted by atomic mass is 32.1. The van der Waals surface area contributed by atoms with Gasteiger partial charge >= 0.3 is 0 Å². The Labute approximate surface area is 78.9 Å². The van der Waals surface area contributed by atoms with E-state index in [4.69, 9.17) is 18.0 Å². The maximum Gasteiger partial charge on any atom is 0.225 e. The summed E-state index contributed by atoms with van der Waals surface area (Å²) >= 11 is 4.73. The minimum absolute atomic E-state index is 0.0132. The number of amides is 1. The molecule has 0 spiro atoms. The van der Waals surface area contributed by atoms with E-state index in [0.717, 1.165) is 0 Å². The molecule has 3 nitrogen and oxygen atoms in total. The predicted molar refractivity (Wildman–Crippen MR) is 53.9 cm³/mol. The van der Waals surface area contributed by atoms with E-state index in [9.17, 15) is 4.79 Å². The first-order valence-electron chi connectivity index (χ1n) is 4.06. The first kappa shape index (κ1) is 11.4. The number of likely N-dealkylation sites (N-methyl/N-ethyl adjacent to an activating group) is 1. The summed E-state index contributed by atoms with van der Waals surface area (Å²) < 4.78 is 0. The lowest BCUT2D eigenvalue weighted by molar-refractivity contribution is -0.133. The molecular weight excluding hydrogens is 172 g/mol. The van der Waals surface area contributed by atoms with Crippen molar-refractivity contribution in [3.63, 3.8) is 0 Å². The number of rotatable bonds is 4. The van der Waals surface area contributed by atoms with Crippen molar-refractivity contribution in [2.45, 2.75) is 20.8 Å². The van der Waals surface area contributed by atoms with E-state index < -0.39 is 0 Å². The van der Waals surface area contributed by atoms with Crippen molar-refractivity contribution < 1.29 is 4.79 Å². The van der Waals surface area contributed by atoms with Crippen molar-refractivity contribution in [1.82, 2.24) is 4.90 Å². The molecular formula is C8H16N2OS. The first-order chi connectivity index (χ1) is 5.49. The van der Waals surface area contributed by atoms with Crippen molar-refractivity contribution in [1.29, 1.82) is 0 Å². The van der Waals surface area contributed by atoms with Crippen LogP contribution in [0.2, 0.25) is 0 Å². The Balaban J connectivity index is 4.15. The van der Waals surface area contributed by atoms with E-state index in [0.29, 0.717) is 18.1 Å². The monoisotopic (exact) mass is 188 g/mol. The molecule has 0 radical (unpaired) electrons. The molecule has 0 bridgehead atoms. The van der Waals surface area contributed by atoms with Gasteiger partial charge in [-0.1, -0.05) is 26.1 Å². The molecule has 12 heavy (non-hydrogen) atoms. The summed E-state index contributed by atoms with van der Waals surface area (Å²) in [6, 6.07) is 0. The Morgan fingerprint density at radius 1 is 1.58 bits per heavy atom. The number of carbonyl (C=O) groups excluding carboxylic acids is 1. The second-order valence-corrected chi connectivity index (χ2v) is 3.50. The summed E-state index contributed by atoms with van der Waals surface area (Å²) in [6.07, 6.45) is 0. The summed E-state index contributed by atoms with van der Waals surface area (Å²) in [5.74, 6) is 0.115. The van der Waals surface area contributed by atoms with E-state index in [1.807, 2.05) is 20.8 Å². The van der Waals surface area contributed by atoms with Gasteiger partial charge in [0.1, 0.15) is 0 Å². The fourth-order valence-electron chi connectivity index (χ4n) is 0.899. The Morgan fingerprint density at radius 2 is 2.08 bits per heavy atom. The third-order valence-electron chi connectivity index (χ3n) is 1.53. The zero-order valence-electron chi connectivity index (χ0n) is 7.83. The van der Waals surface area contributed by atoms with Crippen LogP contribution in [0.15, 0.2) is 0 Å². The van der Waals surface area contributed by atoms with E-state index in [2.05, 4.69) is 0 Å². The summed E-state index contributed by atoms with van der Waals surface area (Å²) in [6.45, 7) is 6.70. The molecule has 0 rings (SSSR count). The van der Waals surface area contributed by atoms with Crippen LogP contribution >= 0.6 is 12.2 Å². The van der Waals surface area contributed by atoms with E-state index >= 15 is 0 Å². The largest absolute Gasteiger partial charge is 0.392 e. The molecule has 0 aromatic rings. The van der Waals surface area contributed by atoms with Crippen LogP contribution < -0.4 is 5.73 Å². The minimum atomic E-state index is 0.0132. The predicted octanol–water partition coefficient (Wildman–Crippen LogP) is 0.777. The van der Waals surface area contributed by atoms with Gasteiger partial charge in [0.05, 0.1) is 11.5 Å². The molecule has 0 saturated heterocycles. The summed E-state index contributed by atoms with van der Waals surface area (Å²) in [5, 5.41) is 0. The number of thiocarbonyl (C=S) groups is 1. The standard InChI is InChI=1S/C8H16N2OS/c1-4-10(5-7(9)12)8(11)6(2)3/h6H,4-5H2,1-3H3,(H2,9,12). The Kier molecular flexibility index (Phi) is 4.81. The third kappa shape index (κ3) is 3.67. The number of nitrogens with zero attached hydrogens (tertiary/aromatic N) is 1. The molecule has 0 heterocycles. The molecule has 0 aliphatic carbocycles. The molecule has 0 saturated carbocycles. The molecule has 0 unspecified atom stereocenters. The number of hydrogen-bond acceptors (Lipinski definition) is 2. The highest BCUT2D eigenvalue weighted by molar-refractivity contribution is 7.80. The van der Waals surface area contributed by atoms with Gasteiger partial charge in [-0.2, -0.15) is 0 Å². The minimum Gasteiger partial charge on any atom is -0.392 e. The normalized spacial score (nSPS) is 10.0. The smallest absolute Gasteiger partial charge is 0.225 e. The molecule has 0 aromatic heterocycles. The average Bonchev–Trinajstić information content (AvgIpc) is 1.98. The van der Waals surface area contributed by atoms with Crippen molar-refractivity contribution in [3.8, 4) is 0 Å². The second kappa shape index (κ2) is 5.09. The lowest BCUT2D eigenvalue weighted by atomic mass is 10.2.